The van der Waals surface area contributed by atoms with Crippen LogP contribution in [0.2, 0.25) is 5.82 Å². The summed E-state index contributed by atoms with van der Waals surface area (Å²) in [5.74, 6) is 0.774. The highest BCUT2D eigenvalue weighted by Gasteiger charge is 2.25. The molecule has 0 aliphatic heterocycles. The molecule has 4 unspecified atom stereocenters. The van der Waals surface area contributed by atoms with Crippen LogP contribution in [-0.2, 0) is 60.7 Å². The van der Waals surface area contributed by atoms with Crippen LogP contribution in [0.15, 0.2) is 6.20 Å². The Bertz CT molecular complexity index is 1340. The summed E-state index contributed by atoms with van der Waals surface area (Å²) in [5, 5.41) is 8.63. The molecule has 4 atom stereocenters. The molecular formula is C39H72B2N4O10S2. The maximum Gasteiger partial charge on any atom is 0.309 e. The van der Waals surface area contributed by atoms with E-state index in [1.54, 1.807) is 35.3 Å². The highest BCUT2D eigenvalue weighted by atomic mass is 32.2. The molecule has 0 saturated carbocycles. The van der Waals surface area contributed by atoms with Crippen molar-refractivity contribution in [2.75, 3.05) is 70.5 Å². The number of hydrogen-bond donors (Lipinski definition) is 0. The monoisotopic (exact) mass is 842 g/mol. The van der Waals surface area contributed by atoms with Gasteiger partial charge in [-0.05, 0) is 45.8 Å². The van der Waals surface area contributed by atoms with Gasteiger partial charge in [0.15, 0.2) is 0 Å². The third-order valence-corrected chi connectivity index (χ3v) is 11.9. The minimum absolute atomic E-state index is 0.0129. The summed E-state index contributed by atoms with van der Waals surface area (Å²) in [4.78, 5) is 51.9. The van der Waals surface area contributed by atoms with E-state index >= 15 is 0 Å². The quantitative estimate of drug-likeness (QED) is 0.0444. The number of carbonyl (C=O) groups excluding carboxylic acids is 4. The molecule has 1 aromatic rings. The van der Waals surface area contributed by atoms with Gasteiger partial charge in [-0.1, -0.05) is 52.6 Å². The first-order chi connectivity index (χ1) is 26.7. The first-order valence-corrected chi connectivity index (χ1v) is 22.5. The molecule has 0 aromatic carbocycles. The van der Waals surface area contributed by atoms with Crippen molar-refractivity contribution in [1.82, 2.24) is 19.9 Å². The molecule has 0 aliphatic rings. The maximum atomic E-state index is 12.7. The molecule has 0 amide bonds. The van der Waals surface area contributed by atoms with Crippen LogP contribution in [0, 0.1) is 11.8 Å². The lowest BCUT2D eigenvalue weighted by Crippen LogP contribution is -2.34. The zero-order valence-corrected chi connectivity index (χ0v) is 38.7. The van der Waals surface area contributed by atoms with Gasteiger partial charge in [0.1, 0.15) is 42.1 Å². The van der Waals surface area contributed by atoms with Crippen LogP contribution >= 0.6 is 23.5 Å². The fraction of sp³-hybridized carbons (Fsp3) is 0.846. The second-order valence-electron chi connectivity index (χ2n) is 16.7. The van der Waals surface area contributed by atoms with E-state index in [0.717, 1.165) is 18.6 Å². The summed E-state index contributed by atoms with van der Waals surface area (Å²) in [6, 6.07) is 0. The number of carbonyl (C=O) groups is 4. The predicted octanol–water partition coefficient (Wildman–Crippen LogP) is 3.97. The Balaban J connectivity index is 2.69. The van der Waals surface area contributed by atoms with Crippen molar-refractivity contribution in [3.8, 4) is 0 Å². The standard InChI is InChI=1S/C39H72B2N4O10S2/c1-11-56-27-29(2)35(48)53-22-20-51-33(46)12-16-44(25-32-26-45(43-42-32)18-14-39(9,41)55-19-15-37(5,6)50-10)17-13-34(47)52-21-23-54-36(49)30(3)28-57-38(7,8)24-31(4)40/h26,29-31H,11-25,27-28,40-41H2,1-10H3. The SMILES string of the molecule is BC(C)CC(C)(C)SCC(C)C(=O)OCCOC(=O)CCN(CCC(=O)OCCOC(=O)C(C)CSCC)Cc1cn(CCC(B)(C)OCCC(C)(C)OC)nn1. The smallest absolute Gasteiger partial charge is 0.309 e. The Labute approximate surface area is 352 Å². The van der Waals surface area contributed by atoms with Gasteiger partial charge in [-0.2, -0.15) is 23.5 Å². The number of nitrogens with zero attached hydrogens (tertiary/aromatic N) is 4. The zero-order chi connectivity index (χ0) is 43.1. The van der Waals surface area contributed by atoms with Gasteiger partial charge in [0.25, 0.3) is 0 Å². The van der Waals surface area contributed by atoms with Gasteiger partial charge in [-0.25, -0.2) is 0 Å². The van der Waals surface area contributed by atoms with Gasteiger partial charge in [-0.15, -0.1) is 5.10 Å². The highest BCUT2D eigenvalue weighted by Crippen LogP contribution is 2.33. The molecule has 0 aliphatic carbocycles. The lowest BCUT2D eigenvalue weighted by Gasteiger charge is -2.29. The van der Waals surface area contributed by atoms with Crippen molar-refractivity contribution in [2.45, 2.75) is 129 Å². The molecule has 1 rings (SSSR count). The van der Waals surface area contributed by atoms with Crippen molar-refractivity contribution in [1.29, 1.82) is 0 Å². The van der Waals surface area contributed by atoms with Crippen LogP contribution in [0.25, 0.3) is 0 Å². The first-order valence-electron chi connectivity index (χ1n) is 20.3. The third-order valence-electron chi connectivity index (χ3n) is 9.11. The van der Waals surface area contributed by atoms with Gasteiger partial charge in [0.2, 0.25) is 0 Å². The number of aryl methyl sites for hydroxylation is 1. The molecule has 14 nitrogen and oxygen atoms in total. The van der Waals surface area contributed by atoms with Crippen LogP contribution in [0.1, 0.15) is 100 Å². The minimum atomic E-state index is -0.453. The maximum absolute atomic E-state index is 12.7. The van der Waals surface area contributed by atoms with E-state index in [0.29, 0.717) is 49.1 Å². The zero-order valence-electron chi connectivity index (χ0n) is 37.0. The number of thioether (sulfide) groups is 2. The Morgan fingerprint density at radius 2 is 1.39 bits per heavy atom. The van der Waals surface area contributed by atoms with Gasteiger partial charge in [0, 0.05) is 67.8 Å². The Morgan fingerprint density at radius 1 is 0.842 bits per heavy atom. The molecular weight excluding hydrogens is 770 g/mol. The molecule has 0 saturated heterocycles. The number of rotatable bonds is 32. The van der Waals surface area contributed by atoms with E-state index in [-0.39, 0.29) is 92.0 Å². The molecule has 1 aromatic heterocycles. The Hall–Kier alpha value is -2.27. The first kappa shape index (κ1) is 52.7. The summed E-state index contributed by atoms with van der Waals surface area (Å²) in [7, 11) is 5.93. The molecule has 0 spiro atoms. The van der Waals surface area contributed by atoms with Gasteiger partial charge in [-0.3, -0.25) is 28.8 Å². The normalized spacial score (nSPS) is 14.7. The lowest BCUT2D eigenvalue weighted by molar-refractivity contribution is -0.154. The molecule has 0 fully saturated rings. The molecule has 1 heterocycles. The molecule has 0 bridgehead atoms. The Morgan fingerprint density at radius 3 is 1.91 bits per heavy atom. The number of hydrogen-bond acceptors (Lipinski definition) is 15. The van der Waals surface area contributed by atoms with Gasteiger partial charge in [0.05, 0.1) is 36.0 Å². The largest absolute Gasteiger partial charge is 0.462 e. The van der Waals surface area contributed by atoms with Gasteiger partial charge >= 0.3 is 23.9 Å². The highest BCUT2D eigenvalue weighted by molar-refractivity contribution is 8.00. The summed E-state index contributed by atoms with van der Waals surface area (Å²) < 4.78 is 34.8. The molecule has 0 N–H and O–H groups in total. The predicted molar refractivity (Wildman–Crippen MR) is 232 cm³/mol. The molecule has 18 heteroatoms. The van der Waals surface area contributed by atoms with Crippen LogP contribution in [0.4, 0.5) is 0 Å². The summed E-state index contributed by atoms with van der Waals surface area (Å²) in [6.07, 6.45) is 4.48. The van der Waals surface area contributed by atoms with Crippen molar-refractivity contribution in [3.63, 3.8) is 0 Å². The summed E-state index contributed by atoms with van der Waals surface area (Å²) >= 11 is 3.43. The van der Waals surface area contributed by atoms with Crippen LogP contribution in [-0.4, -0.2) is 146 Å². The van der Waals surface area contributed by atoms with Gasteiger partial charge < -0.3 is 28.4 Å². The third kappa shape index (κ3) is 25.7. The molecule has 57 heavy (non-hydrogen) atoms. The van der Waals surface area contributed by atoms with Crippen LogP contribution in [0.5, 0.6) is 0 Å². The van der Waals surface area contributed by atoms with Crippen LogP contribution < -0.4 is 0 Å². The second kappa shape index (κ2) is 27.5. The fourth-order valence-electron chi connectivity index (χ4n) is 5.50. The van der Waals surface area contributed by atoms with Crippen molar-refractivity contribution >= 4 is 63.1 Å². The van der Waals surface area contributed by atoms with Crippen molar-refractivity contribution in [2.24, 2.45) is 11.8 Å². The topological polar surface area (TPSA) is 158 Å². The van der Waals surface area contributed by atoms with Crippen molar-refractivity contribution < 1.29 is 47.6 Å². The number of aromatic nitrogens is 3. The van der Waals surface area contributed by atoms with E-state index in [1.165, 1.54) is 0 Å². The average molecular weight is 843 g/mol. The lowest BCUT2D eigenvalue weighted by atomic mass is 9.80. The van der Waals surface area contributed by atoms with E-state index in [1.807, 2.05) is 60.5 Å². The summed E-state index contributed by atoms with van der Waals surface area (Å²) in [6.45, 7) is 20.3. The van der Waals surface area contributed by atoms with Crippen LogP contribution in [0.3, 0.4) is 0 Å². The number of ether oxygens (including phenoxy) is 6. The minimum Gasteiger partial charge on any atom is -0.462 e. The number of esters is 4. The molecule has 326 valence electrons. The summed E-state index contributed by atoms with van der Waals surface area (Å²) in [5.41, 5.74) is 0.0351. The Kier molecular flexibility index (Phi) is 25.4. The fourth-order valence-corrected chi connectivity index (χ4v) is 7.51. The van der Waals surface area contributed by atoms with Crippen molar-refractivity contribution in [3.05, 3.63) is 11.9 Å². The average Bonchev–Trinajstić information content (AvgIpc) is 3.59. The van der Waals surface area contributed by atoms with E-state index in [4.69, 9.17) is 28.4 Å². The van der Waals surface area contributed by atoms with E-state index in [9.17, 15) is 19.2 Å². The number of methoxy groups -OCH3 is 1. The second-order valence-corrected chi connectivity index (χ2v) is 19.8. The van der Waals surface area contributed by atoms with E-state index < -0.39 is 11.9 Å². The van der Waals surface area contributed by atoms with E-state index in [2.05, 4.69) is 38.9 Å². The molecule has 0 radical (unpaired) electrons.